The third-order valence-electron chi connectivity index (χ3n) is 6.06. The molecule has 190 valence electrons. The van der Waals surface area contributed by atoms with E-state index in [9.17, 15) is 26.4 Å². The molecule has 0 aromatic heterocycles. The number of benzene rings is 1. The molecule has 1 saturated heterocycles. The Hall–Kier alpha value is -1.81. The van der Waals surface area contributed by atoms with E-state index in [1.807, 2.05) is 0 Å². The van der Waals surface area contributed by atoms with Crippen molar-refractivity contribution in [1.82, 2.24) is 14.9 Å². The van der Waals surface area contributed by atoms with Crippen LogP contribution in [0, 0.1) is 5.92 Å². The topological polar surface area (TPSA) is 78.5 Å². The summed E-state index contributed by atoms with van der Waals surface area (Å²) in [5.74, 6) is -0.0349. The van der Waals surface area contributed by atoms with Gasteiger partial charge in [0.2, 0.25) is 10.0 Å². The van der Waals surface area contributed by atoms with E-state index in [2.05, 4.69) is 10.6 Å². The SMILES string of the molecule is C.C.O=C(NCC1CCN(S(=O)(=O)c2ccc(C(F)(F)F)cc2)C1)NC1CCCCCCC1. The number of alkyl halides is 3. The van der Waals surface area contributed by atoms with Crippen LogP contribution in [0.1, 0.15) is 71.8 Å². The van der Waals surface area contributed by atoms with Crippen LogP contribution in [0.15, 0.2) is 29.2 Å². The second kappa shape index (κ2) is 12.6. The minimum absolute atomic E-state index is 0. The lowest BCUT2D eigenvalue weighted by atomic mass is 9.97. The van der Waals surface area contributed by atoms with Gasteiger partial charge in [0.15, 0.2) is 0 Å². The smallest absolute Gasteiger partial charge is 0.338 e. The molecule has 1 aromatic rings. The number of hydrogen-bond acceptors (Lipinski definition) is 3. The minimum atomic E-state index is -4.51. The molecule has 10 heteroatoms. The van der Waals surface area contributed by atoms with E-state index in [-0.39, 0.29) is 50.8 Å². The Morgan fingerprint density at radius 3 is 2.12 bits per heavy atom. The van der Waals surface area contributed by atoms with Gasteiger partial charge in [-0.3, -0.25) is 0 Å². The van der Waals surface area contributed by atoms with Gasteiger partial charge in [-0.25, -0.2) is 13.2 Å². The number of sulfonamides is 1. The fourth-order valence-electron chi connectivity index (χ4n) is 4.22. The molecule has 1 unspecified atom stereocenters. The zero-order valence-corrected chi connectivity index (χ0v) is 18.3. The number of carbonyl (C=O) groups is 1. The van der Waals surface area contributed by atoms with Crippen LogP contribution >= 0.6 is 0 Å². The van der Waals surface area contributed by atoms with Gasteiger partial charge in [0.05, 0.1) is 10.5 Å². The maximum atomic E-state index is 12.7. The highest BCUT2D eigenvalue weighted by molar-refractivity contribution is 7.89. The molecular formula is C23H38F3N3O3S. The Labute approximate surface area is 196 Å². The third kappa shape index (κ3) is 8.17. The Kier molecular flexibility index (Phi) is 11.2. The number of carbonyl (C=O) groups excluding carboxylic acids is 1. The van der Waals surface area contributed by atoms with Crippen molar-refractivity contribution in [3.63, 3.8) is 0 Å². The fourth-order valence-corrected chi connectivity index (χ4v) is 5.75. The second-order valence-corrected chi connectivity index (χ2v) is 10.4. The molecule has 6 nitrogen and oxygen atoms in total. The standard InChI is InChI=1S/C21H30F3N3O3S.2CH4/c22-21(23,24)17-8-10-19(11-9-17)31(29,30)27-13-12-16(15-27)14-25-20(28)26-18-6-4-2-1-3-5-7-18;;/h8-11,16,18H,1-7,12-15H2,(H2,25,26,28);2*1H4. The summed E-state index contributed by atoms with van der Waals surface area (Å²) in [7, 11) is -3.86. The minimum Gasteiger partial charge on any atom is -0.338 e. The van der Waals surface area contributed by atoms with Gasteiger partial charge in [-0.1, -0.05) is 47.0 Å². The van der Waals surface area contributed by atoms with Gasteiger partial charge in [0.1, 0.15) is 0 Å². The van der Waals surface area contributed by atoms with Crippen molar-refractivity contribution >= 4 is 16.1 Å². The van der Waals surface area contributed by atoms with E-state index in [0.717, 1.165) is 49.9 Å². The van der Waals surface area contributed by atoms with Gasteiger partial charge in [-0.05, 0) is 49.4 Å². The van der Waals surface area contributed by atoms with E-state index >= 15 is 0 Å². The summed E-state index contributed by atoms with van der Waals surface area (Å²) in [5, 5.41) is 5.87. The van der Waals surface area contributed by atoms with Crippen molar-refractivity contribution < 1.29 is 26.4 Å². The maximum Gasteiger partial charge on any atom is 0.416 e. The first kappa shape index (κ1) is 29.2. The summed E-state index contributed by atoms with van der Waals surface area (Å²) in [6.07, 6.45) is 3.93. The molecule has 2 amide bonds. The summed E-state index contributed by atoms with van der Waals surface area (Å²) >= 11 is 0. The molecular weight excluding hydrogens is 455 g/mol. The molecule has 1 atom stereocenters. The predicted molar refractivity (Wildman–Crippen MR) is 124 cm³/mol. The first-order valence-electron chi connectivity index (χ1n) is 10.9. The molecule has 1 aromatic carbocycles. The molecule has 2 fully saturated rings. The zero-order chi connectivity index (χ0) is 22.5. The van der Waals surface area contributed by atoms with Crippen LogP contribution in [-0.4, -0.2) is 44.4 Å². The average molecular weight is 494 g/mol. The first-order valence-corrected chi connectivity index (χ1v) is 12.3. The van der Waals surface area contributed by atoms with Crippen LogP contribution in [0.4, 0.5) is 18.0 Å². The highest BCUT2D eigenvalue weighted by Gasteiger charge is 2.34. The van der Waals surface area contributed by atoms with Crippen molar-refractivity contribution in [3.8, 4) is 0 Å². The average Bonchev–Trinajstić information content (AvgIpc) is 3.18. The molecule has 2 aliphatic rings. The number of hydrogen-bond donors (Lipinski definition) is 2. The van der Waals surface area contributed by atoms with Gasteiger partial charge >= 0.3 is 12.2 Å². The maximum absolute atomic E-state index is 12.7. The van der Waals surface area contributed by atoms with Crippen LogP contribution in [0.5, 0.6) is 0 Å². The van der Waals surface area contributed by atoms with Crippen molar-refractivity contribution in [1.29, 1.82) is 0 Å². The van der Waals surface area contributed by atoms with Crippen molar-refractivity contribution in [2.75, 3.05) is 19.6 Å². The first-order chi connectivity index (χ1) is 14.7. The molecule has 1 heterocycles. The van der Waals surface area contributed by atoms with Crippen LogP contribution in [0.3, 0.4) is 0 Å². The second-order valence-electron chi connectivity index (χ2n) is 8.44. The van der Waals surface area contributed by atoms with E-state index in [1.165, 1.54) is 23.6 Å². The highest BCUT2D eigenvalue weighted by Crippen LogP contribution is 2.31. The lowest BCUT2D eigenvalue weighted by Gasteiger charge is -2.22. The highest BCUT2D eigenvalue weighted by atomic mass is 32.2. The summed E-state index contributed by atoms with van der Waals surface area (Å²) in [4.78, 5) is 12.1. The van der Waals surface area contributed by atoms with Gasteiger partial charge in [0.25, 0.3) is 0 Å². The largest absolute Gasteiger partial charge is 0.416 e. The van der Waals surface area contributed by atoms with Crippen molar-refractivity contribution in [2.24, 2.45) is 5.92 Å². The Morgan fingerprint density at radius 2 is 1.55 bits per heavy atom. The normalized spacial score (nSPS) is 20.6. The Morgan fingerprint density at radius 1 is 0.970 bits per heavy atom. The number of nitrogens with zero attached hydrogens (tertiary/aromatic N) is 1. The fraction of sp³-hybridized carbons (Fsp3) is 0.696. The molecule has 0 spiro atoms. The number of nitrogens with one attached hydrogen (secondary N) is 2. The Balaban J connectivity index is 0.00000272. The molecule has 1 aliphatic carbocycles. The van der Waals surface area contributed by atoms with Crippen LogP contribution < -0.4 is 10.6 Å². The van der Waals surface area contributed by atoms with E-state index in [4.69, 9.17) is 0 Å². The number of amides is 2. The number of urea groups is 1. The zero-order valence-electron chi connectivity index (χ0n) is 17.5. The quantitative estimate of drug-likeness (QED) is 0.576. The molecule has 0 radical (unpaired) electrons. The lowest BCUT2D eigenvalue weighted by molar-refractivity contribution is -0.137. The molecule has 0 bridgehead atoms. The number of rotatable bonds is 5. The predicted octanol–water partition coefficient (Wildman–Crippen LogP) is 5.40. The molecule has 2 N–H and O–H groups in total. The molecule has 1 aliphatic heterocycles. The summed E-state index contributed by atoms with van der Waals surface area (Å²) in [6, 6.07) is 3.50. The van der Waals surface area contributed by atoms with E-state index in [0.29, 0.717) is 13.0 Å². The van der Waals surface area contributed by atoms with E-state index < -0.39 is 21.8 Å². The summed E-state index contributed by atoms with van der Waals surface area (Å²) < 4.78 is 64.9. The van der Waals surface area contributed by atoms with Crippen LogP contribution in [0.2, 0.25) is 0 Å². The molecule has 3 rings (SSSR count). The summed E-state index contributed by atoms with van der Waals surface area (Å²) in [5.41, 5.74) is -0.884. The van der Waals surface area contributed by atoms with Gasteiger partial charge in [-0.15, -0.1) is 0 Å². The van der Waals surface area contributed by atoms with Gasteiger partial charge < -0.3 is 10.6 Å². The third-order valence-corrected chi connectivity index (χ3v) is 7.94. The van der Waals surface area contributed by atoms with Gasteiger partial charge in [0, 0.05) is 25.7 Å². The van der Waals surface area contributed by atoms with Gasteiger partial charge in [-0.2, -0.15) is 17.5 Å². The molecule has 33 heavy (non-hydrogen) atoms. The van der Waals surface area contributed by atoms with E-state index in [1.54, 1.807) is 0 Å². The van der Waals surface area contributed by atoms with Crippen molar-refractivity contribution in [2.45, 2.75) is 83.3 Å². The Bertz CT molecular complexity index is 837. The summed E-state index contributed by atoms with van der Waals surface area (Å²) in [6.45, 7) is 0.866. The van der Waals surface area contributed by atoms with Crippen molar-refractivity contribution in [3.05, 3.63) is 29.8 Å². The molecule has 1 saturated carbocycles. The number of halogens is 3. The lowest BCUT2D eigenvalue weighted by Crippen LogP contribution is -2.44. The van der Waals surface area contributed by atoms with Crippen LogP contribution in [-0.2, 0) is 16.2 Å². The monoisotopic (exact) mass is 493 g/mol. The van der Waals surface area contributed by atoms with Crippen LogP contribution in [0.25, 0.3) is 0 Å².